The SMILES string of the molecule is C=c1nc(-c2ccnc3[nH]cc(Cl)c23)nc(N2CCNCC2)/c1=C(/C=NC)C1CC1. The summed E-state index contributed by atoms with van der Waals surface area (Å²) in [7, 11) is 1.81. The molecule has 3 aromatic rings. The second-order valence-electron chi connectivity index (χ2n) is 7.77. The zero-order chi connectivity index (χ0) is 20.7. The van der Waals surface area contributed by atoms with E-state index in [9.17, 15) is 0 Å². The Balaban J connectivity index is 1.79. The van der Waals surface area contributed by atoms with E-state index in [4.69, 9.17) is 21.6 Å². The Morgan fingerprint density at radius 1 is 1.30 bits per heavy atom. The van der Waals surface area contributed by atoms with Crippen LogP contribution >= 0.6 is 11.6 Å². The van der Waals surface area contributed by atoms with Crippen molar-refractivity contribution in [2.45, 2.75) is 12.8 Å². The predicted molar refractivity (Wildman–Crippen MR) is 123 cm³/mol. The van der Waals surface area contributed by atoms with Gasteiger partial charge in [0.05, 0.1) is 10.4 Å². The molecule has 1 aliphatic carbocycles. The van der Waals surface area contributed by atoms with Gasteiger partial charge < -0.3 is 15.2 Å². The lowest BCUT2D eigenvalue weighted by atomic mass is 10.1. The predicted octanol–water partition coefficient (Wildman–Crippen LogP) is 1.75. The summed E-state index contributed by atoms with van der Waals surface area (Å²) in [5.74, 6) is 2.07. The Morgan fingerprint density at radius 2 is 2.10 bits per heavy atom. The number of anilines is 1. The molecule has 154 valence electrons. The zero-order valence-electron chi connectivity index (χ0n) is 17.0. The minimum atomic E-state index is 0.511. The fourth-order valence-electron chi connectivity index (χ4n) is 4.13. The lowest BCUT2D eigenvalue weighted by Crippen LogP contribution is -2.48. The number of piperazine rings is 1. The summed E-state index contributed by atoms with van der Waals surface area (Å²) < 4.78 is 0. The first kappa shape index (κ1) is 19.2. The number of nitrogens with zero attached hydrogens (tertiary/aromatic N) is 5. The Labute approximate surface area is 179 Å². The normalized spacial score (nSPS) is 18.4. The molecular formula is C22H24ClN7. The third-order valence-corrected chi connectivity index (χ3v) is 6.02. The van der Waals surface area contributed by atoms with Gasteiger partial charge in [-0.2, -0.15) is 0 Å². The maximum absolute atomic E-state index is 6.45. The molecule has 8 heteroatoms. The summed E-state index contributed by atoms with van der Waals surface area (Å²) in [5.41, 5.74) is 2.78. The number of aromatic amines is 1. The fourth-order valence-corrected chi connectivity index (χ4v) is 4.37. The van der Waals surface area contributed by atoms with E-state index in [-0.39, 0.29) is 0 Å². The van der Waals surface area contributed by atoms with Crippen molar-refractivity contribution in [3.05, 3.63) is 34.1 Å². The zero-order valence-corrected chi connectivity index (χ0v) is 17.7. The van der Waals surface area contributed by atoms with Gasteiger partial charge in [0.2, 0.25) is 0 Å². The van der Waals surface area contributed by atoms with Crippen molar-refractivity contribution in [2.75, 3.05) is 38.1 Å². The molecule has 1 saturated heterocycles. The topological polar surface area (TPSA) is 82.1 Å². The molecule has 4 heterocycles. The molecular weight excluding hydrogens is 398 g/mol. The number of H-pyrrole nitrogens is 1. The second-order valence-corrected chi connectivity index (χ2v) is 8.17. The number of hydrogen-bond acceptors (Lipinski definition) is 6. The van der Waals surface area contributed by atoms with Gasteiger partial charge in [-0.3, -0.25) is 4.99 Å². The van der Waals surface area contributed by atoms with E-state index in [1.165, 1.54) is 18.4 Å². The monoisotopic (exact) mass is 421 g/mol. The van der Waals surface area contributed by atoms with Crippen LogP contribution in [0, 0.1) is 5.92 Å². The minimum Gasteiger partial charge on any atom is -0.353 e. The molecule has 3 aromatic heterocycles. The average molecular weight is 422 g/mol. The highest BCUT2D eigenvalue weighted by Gasteiger charge is 2.28. The van der Waals surface area contributed by atoms with E-state index in [1.54, 1.807) is 12.4 Å². The largest absolute Gasteiger partial charge is 0.353 e. The van der Waals surface area contributed by atoms with E-state index < -0.39 is 0 Å². The number of nitrogens with one attached hydrogen (secondary N) is 2. The van der Waals surface area contributed by atoms with Crippen molar-refractivity contribution in [1.29, 1.82) is 0 Å². The molecule has 7 nitrogen and oxygen atoms in total. The molecule has 2 N–H and O–H groups in total. The van der Waals surface area contributed by atoms with Crippen LogP contribution in [0.15, 0.2) is 23.5 Å². The number of rotatable bonds is 4. The molecule has 0 radical (unpaired) electrons. The molecule has 2 fully saturated rings. The highest BCUT2D eigenvalue weighted by atomic mass is 35.5. The lowest BCUT2D eigenvalue weighted by molar-refractivity contribution is 0.583. The third kappa shape index (κ3) is 3.38. The molecule has 30 heavy (non-hydrogen) atoms. The fraction of sp³-hybridized carbons (Fsp3) is 0.364. The first-order chi connectivity index (χ1) is 14.7. The van der Waals surface area contributed by atoms with Crippen LogP contribution in [-0.4, -0.2) is 59.4 Å². The number of hydrogen-bond donors (Lipinski definition) is 2. The second kappa shape index (κ2) is 7.81. The van der Waals surface area contributed by atoms with Crippen molar-refractivity contribution in [3.8, 4) is 11.4 Å². The van der Waals surface area contributed by atoms with Crippen molar-refractivity contribution in [3.63, 3.8) is 0 Å². The van der Waals surface area contributed by atoms with E-state index >= 15 is 0 Å². The first-order valence-corrected chi connectivity index (χ1v) is 10.7. The first-order valence-electron chi connectivity index (χ1n) is 10.3. The molecule has 2 aliphatic rings. The van der Waals surface area contributed by atoms with E-state index in [0.717, 1.165) is 59.2 Å². The van der Waals surface area contributed by atoms with Crippen molar-refractivity contribution in [1.82, 2.24) is 25.3 Å². The van der Waals surface area contributed by atoms with Crippen LogP contribution in [0.25, 0.3) is 34.6 Å². The number of fused-ring (bicyclic) bond motifs is 1. The van der Waals surface area contributed by atoms with Crippen LogP contribution in [0.1, 0.15) is 12.8 Å². The quantitative estimate of drug-likeness (QED) is 0.627. The van der Waals surface area contributed by atoms with Gasteiger partial charge >= 0.3 is 0 Å². The summed E-state index contributed by atoms with van der Waals surface area (Å²) in [6.07, 6.45) is 7.81. The van der Waals surface area contributed by atoms with Gasteiger partial charge in [0.25, 0.3) is 0 Å². The van der Waals surface area contributed by atoms with Gasteiger partial charge in [-0.1, -0.05) is 18.2 Å². The van der Waals surface area contributed by atoms with E-state index in [1.807, 2.05) is 19.3 Å². The van der Waals surface area contributed by atoms with Crippen LogP contribution in [0.2, 0.25) is 5.02 Å². The van der Waals surface area contributed by atoms with Crippen LogP contribution < -0.4 is 20.8 Å². The summed E-state index contributed by atoms with van der Waals surface area (Å²) in [5, 5.41) is 6.62. The van der Waals surface area contributed by atoms with Crippen LogP contribution in [0.3, 0.4) is 0 Å². The maximum atomic E-state index is 6.45. The van der Waals surface area contributed by atoms with Crippen LogP contribution in [0.4, 0.5) is 5.82 Å². The molecule has 0 aromatic carbocycles. The van der Waals surface area contributed by atoms with Crippen molar-refractivity contribution >= 4 is 46.8 Å². The Kier molecular flexibility index (Phi) is 5.00. The summed E-state index contributed by atoms with van der Waals surface area (Å²) in [6.45, 7) is 7.96. The summed E-state index contributed by atoms with van der Waals surface area (Å²) >= 11 is 6.45. The summed E-state index contributed by atoms with van der Waals surface area (Å²) in [6, 6.07) is 1.91. The molecule has 5 rings (SSSR count). The van der Waals surface area contributed by atoms with Gasteiger partial charge in [-0.05, 0) is 30.4 Å². The van der Waals surface area contributed by atoms with Crippen molar-refractivity contribution < 1.29 is 0 Å². The van der Waals surface area contributed by atoms with E-state index in [0.29, 0.717) is 16.8 Å². The standard InChI is InChI=1S/C22H24ClN7/c1-13-18(16(11-24-2)14-3-4-14)22(30-9-7-25-8-10-30)29-20(28-13)15-5-6-26-21-19(15)17(23)12-27-21/h5-6,11-12,14,25H,1,3-4,7-10H2,2H3,(H,26,27)/b18-16-,24-11?. The van der Waals surface area contributed by atoms with Crippen LogP contribution in [-0.2, 0) is 0 Å². The van der Waals surface area contributed by atoms with Gasteiger partial charge in [0, 0.05) is 68.0 Å². The molecule has 1 saturated carbocycles. The number of pyridine rings is 1. The number of halogens is 1. The molecule has 0 amide bonds. The summed E-state index contributed by atoms with van der Waals surface area (Å²) in [4.78, 5) is 24.0. The Bertz CT molecular complexity index is 1240. The third-order valence-electron chi connectivity index (χ3n) is 5.72. The molecule has 0 bridgehead atoms. The molecule has 0 atom stereocenters. The Morgan fingerprint density at radius 3 is 2.83 bits per heavy atom. The Hall–Kier alpha value is -2.77. The van der Waals surface area contributed by atoms with E-state index in [2.05, 4.69) is 31.8 Å². The molecule has 1 aliphatic heterocycles. The number of aliphatic imine (C=N–C) groups is 1. The maximum Gasteiger partial charge on any atom is 0.162 e. The van der Waals surface area contributed by atoms with Crippen molar-refractivity contribution in [2.24, 2.45) is 10.9 Å². The minimum absolute atomic E-state index is 0.511. The van der Waals surface area contributed by atoms with Gasteiger partial charge in [-0.25, -0.2) is 15.0 Å². The number of aromatic nitrogens is 4. The average Bonchev–Trinajstić information content (AvgIpc) is 3.55. The lowest BCUT2D eigenvalue weighted by Gasteiger charge is -2.29. The highest BCUT2D eigenvalue weighted by Crippen LogP contribution is 2.36. The van der Waals surface area contributed by atoms with Crippen LogP contribution in [0.5, 0.6) is 0 Å². The highest BCUT2D eigenvalue weighted by molar-refractivity contribution is 6.36. The molecule has 0 spiro atoms. The van der Waals surface area contributed by atoms with Gasteiger partial charge in [0.1, 0.15) is 11.5 Å². The smallest absolute Gasteiger partial charge is 0.162 e. The van der Waals surface area contributed by atoms with Gasteiger partial charge in [-0.15, -0.1) is 0 Å². The molecule has 0 unspecified atom stereocenters. The van der Waals surface area contributed by atoms with Gasteiger partial charge in [0.15, 0.2) is 5.82 Å².